The highest BCUT2D eigenvalue weighted by Gasteiger charge is 2.31. The second-order valence-corrected chi connectivity index (χ2v) is 7.10. The Balaban J connectivity index is 1.94. The van der Waals surface area contributed by atoms with Gasteiger partial charge in [-0.1, -0.05) is 44.2 Å². The number of anilines is 1. The van der Waals surface area contributed by atoms with Crippen LogP contribution >= 0.6 is 0 Å². The summed E-state index contributed by atoms with van der Waals surface area (Å²) in [6, 6.07) is 14.2. The molecule has 2 atom stereocenters. The molecule has 132 valence electrons. The number of benzene rings is 2. The van der Waals surface area contributed by atoms with Gasteiger partial charge in [-0.2, -0.15) is 0 Å². The van der Waals surface area contributed by atoms with Crippen LogP contribution in [-0.2, 0) is 11.3 Å². The van der Waals surface area contributed by atoms with Gasteiger partial charge in [0.1, 0.15) is 5.75 Å². The highest BCUT2D eigenvalue weighted by molar-refractivity contribution is 5.99. The van der Waals surface area contributed by atoms with Crippen LogP contribution in [0.2, 0.25) is 0 Å². The van der Waals surface area contributed by atoms with E-state index in [0.29, 0.717) is 12.5 Å². The van der Waals surface area contributed by atoms with E-state index in [1.807, 2.05) is 25.1 Å². The van der Waals surface area contributed by atoms with E-state index in [4.69, 9.17) is 10.5 Å². The molecule has 2 N–H and O–H groups in total. The van der Waals surface area contributed by atoms with Gasteiger partial charge in [0.2, 0.25) is 0 Å². The molecule has 1 aliphatic heterocycles. The van der Waals surface area contributed by atoms with Crippen LogP contribution in [0.15, 0.2) is 42.5 Å². The SMILES string of the molecule is CC1Oc2ccc(C(C)N)cc2N(Cc2ccc(C(C)C)cc2)C1=O. The Hall–Kier alpha value is -2.33. The molecule has 0 aromatic heterocycles. The van der Waals surface area contributed by atoms with Crippen molar-refractivity contribution in [3.8, 4) is 5.75 Å². The van der Waals surface area contributed by atoms with Crippen molar-refractivity contribution >= 4 is 11.6 Å². The van der Waals surface area contributed by atoms with Crippen molar-refractivity contribution in [1.82, 2.24) is 0 Å². The van der Waals surface area contributed by atoms with Gasteiger partial charge in [0.15, 0.2) is 6.10 Å². The number of ether oxygens (including phenoxy) is 1. The molecule has 0 bridgehead atoms. The van der Waals surface area contributed by atoms with E-state index < -0.39 is 6.10 Å². The Bertz CT molecular complexity index is 766. The van der Waals surface area contributed by atoms with E-state index in [9.17, 15) is 4.79 Å². The number of hydrogen-bond donors (Lipinski definition) is 1. The summed E-state index contributed by atoms with van der Waals surface area (Å²) in [5.41, 5.74) is 10.2. The maximum Gasteiger partial charge on any atom is 0.268 e. The van der Waals surface area contributed by atoms with Crippen LogP contribution < -0.4 is 15.4 Å². The van der Waals surface area contributed by atoms with Crippen LogP contribution in [0, 0.1) is 0 Å². The lowest BCUT2D eigenvalue weighted by atomic mass is 10.0. The van der Waals surface area contributed by atoms with Gasteiger partial charge in [-0.15, -0.1) is 0 Å². The molecule has 0 saturated heterocycles. The van der Waals surface area contributed by atoms with Crippen molar-refractivity contribution in [3.05, 3.63) is 59.2 Å². The van der Waals surface area contributed by atoms with Crippen molar-refractivity contribution in [2.75, 3.05) is 4.90 Å². The molecule has 2 unspecified atom stereocenters. The third-order valence-electron chi connectivity index (χ3n) is 4.70. The number of rotatable bonds is 4. The minimum atomic E-state index is -0.483. The van der Waals surface area contributed by atoms with Gasteiger partial charge in [0.25, 0.3) is 5.91 Å². The summed E-state index contributed by atoms with van der Waals surface area (Å²) in [6.07, 6.45) is -0.483. The molecule has 0 spiro atoms. The molecule has 0 radical (unpaired) electrons. The molecule has 3 rings (SSSR count). The molecule has 4 heteroatoms. The zero-order valence-corrected chi connectivity index (χ0v) is 15.3. The fourth-order valence-corrected chi connectivity index (χ4v) is 3.06. The van der Waals surface area contributed by atoms with Gasteiger partial charge >= 0.3 is 0 Å². The minimum absolute atomic E-state index is 0.0257. The predicted octanol–water partition coefficient (Wildman–Crippen LogP) is 4.14. The summed E-state index contributed by atoms with van der Waals surface area (Å²) in [5.74, 6) is 1.20. The topological polar surface area (TPSA) is 55.6 Å². The van der Waals surface area contributed by atoms with Gasteiger partial charge in [-0.25, -0.2) is 0 Å². The van der Waals surface area contributed by atoms with Gasteiger partial charge in [0.05, 0.1) is 12.2 Å². The molecule has 1 amide bonds. The summed E-state index contributed by atoms with van der Waals surface area (Å²) in [5, 5.41) is 0. The Labute approximate surface area is 149 Å². The molecule has 25 heavy (non-hydrogen) atoms. The monoisotopic (exact) mass is 338 g/mol. The van der Waals surface area contributed by atoms with Gasteiger partial charge in [-0.05, 0) is 48.6 Å². The van der Waals surface area contributed by atoms with Crippen LogP contribution in [-0.4, -0.2) is 12.0 Å². The van der Waals surface area contributed by atoms with Crippen LogP contribution in [0.25, 0.3) is 0 Å². The zero-order chi connectivity index (χ0) is 18.1. The van der Waals surface area contributed by atoms with Crippen LogP contribution in [0.4, 0.5) is 5.69 Å². The lowest BCUT2D eigenvalue weighted by Gasteiger charge is -2.33. The summed E-state index contributed by atoms with van der Waals surface area (Å²) < 4.78 is 5.77. The average molecular weight is 338 g/mol. The fourth-order valence-electron chi connectivity index (χ4n) is 3.06. The Morgan fingerprint density at radius 1 is 1.08 bits per heavy atom. The zero-order valence-electron chi connectivity index (χ0n) is 15.3. The largest absolute Gasteiger partial charge is 0.479 e. The number of hydrogen-bond acceptors (Lipinski definition) is 3. The van der Waals surface area contributed by atoms with Crippen LogP contribution in [0.1, 0.15) is 56.3 Å². The van der Waals surface area contributed by atoms with Crippen molar-refractivity contribution in [3.63, 3.8) is 0 Å². The van der Waals surface area contributed by atoms with Crippen molar-refractivity contribution < 1.29 is 9.53 Å². The first kappa shape index (κ1) is 17.5. The van der Waals surface area contributed by atoms with E-state index in [0.717, 1.165) is 22.6 Å². The maximum absolute atomic E-state index is 12.7. The molecular formula is C21H26N2O2. The third-order valence-corrected chi connectivity index (χ3v) is 4.70. The molecule has 2 aromatic carbocycles. The van der Waals surface area contributed by atoms with Crippen molar-refractivity contribution in [2.24, 2.45) is 5.73 Å². The number of nitrogens with zero attached hydrogens (tertiary/aromatic N) is 1. The Morgan fingerprint density at radius 3 is 2.32 bits per heavy atom. The molecule has 2 aromatic rings. The smallest absolute Gasteiger partial charge is 0.268 e. The first-order valence-corrected chi connectivity index (χ1v) is 8.83. The standard InChI is InChI=1S/C21H26N2O2/c1-13(2)17-7-5-16(6-8-17)12-23-19-11-18(14(3)22)9-10-20(19)25-15(4)21(23)24/h5-11,13-15H,12,22H2,1-4H3. The second kappa shape index (κ2) is 6.89. The second-order valence-electron chi connectivity index (χ2n) is 7.10. The molecule has 0 saturated carbocycles. The number of amides is 1. The molecule has 4 nitrogen and oxygen atoms in total. The third kappa shape index (κ3) is 3.54. The number of nitrogens with two attached hydrogens (primary N) is 1. The van der Waals surface area contributed by atoms with Crippen LogP contribution in [0.5, 0.6) is 5.75 Å². The van der Waals surface area contributed by atoms with Gasteiger partial charge in [-0.3, -0.25) is 4.79 Å². The Kier molecular flexibility index (Phi) is 4.82. The van der Waals surface area contributed by atoms with Crippen LogP contribution in [0.3, 0.4) is 0 Å². The molecule has 0 fully saturated rings. The highest BCUT2D eigenvalue weighted by Crippen LogP contribution is 2.37. The molecule has 1 aliphatic rings. The van der Waals surface area contributed by atoms with E-state index >= 15 is 0 Å². The predicted molar refractivity (Wildman–Crippen MR) is 101 cm³/mol. The lowest BCUT2D eigenvalue weighted by Crippen LogP contribution is -2.44. The molecule has 1 heterocycles. The van der Waals surface area contributed by atoms with Crippen molar-refractivity contribution in [2.45, 2.75) is 52.3 Å². The lowest BCUT2D eigenvalue weighted by molar-refractivity contribution is -0.125. The fraction of sp³-hybridized carbons (Fsp3) is 0.381. The quantitative estimate of drug-likeness (QED) is 0.911. The Morgan fingerprint density at radius 2 is 1.72 bits per heavy atom. The highest BCUT2D eigenvalue weighted by atomic mass is 16.5. The minimum Gasteiger partial charge on any atom is -0.479 e. The molecular weight excluding hydrogens is 312 g/mol. The van der Waals surface area contributed by atoms with E-state index in [1.54, 1.807) is 11.8 Å². The van der Waals surface area contributed by atoms with Crippen molar-refractivity contribution in [1.29, 1.82) is 0 Å². The van der Waals surface area contributed by atoms with E-state index in [1.165, 1.54) is 5.56 Å². The first-order valence-electron chi connectivity index (χ1n) is 8.83. The van der Waals surface area contributed by atoms with E-state index in [-0.39, 0.29) is 11.9 Å². The molecule has 0 aliphatic carbocycles. The summed E-state index contributed by atoms with van der Waals surface area (Å²) in [6.45, 7) is 8.60. The maximum atomic E-state index is 12.7. The van der Waals surface area contributed by atoms with Gasteiger partial charge in [0, 0.05) is 6.04 Å². The summed E-state index contributed by atoms with van der Waals surface area (Å²) in [7, 11) is 0. The summed E-state index contributed by atoms with van der Waals surface area (Å²) in [4.78, 5) is 14.5. The average Bonchev–Trinajstić information content (AvgIpc) is 2.59. The first-order chi connectivity index (χ1) is 11.9. The summed E-state index contributed by atoms with van der Waals surface area (Å²) >= 11 is 0. The number of carbonyl (C=O) groups excluding carboxylic acids is 1. The van der Waals surface area contributed by atoms with Gasteiger partial charge < -0.3 is 15.4 Å². The number of fused-ring (bicyclic) bond motifs is 1. The normalized spacial score (nSPS) is 18.1. The number of carbonyl (C=O) groups is 1. The van der Waals surface area contributed by atoms with E-state index in [2.05, 4.69) is 38.1 Å².